The Kier molecular flexibility index (Phi) is 12.7. The number of nitrogens with one attached hydrogen (secondary N) is 1. The lowest BCUT2D eigenvalue weighted by atomic mass is 9.77. The molecule has 10 nitrogen and oxygen atoms in total. The average molecular weight is 724 g/mol. The number of para-hydroxylation sites is 1. The maximum absolute atomic E-state index is 13.5. The van der Waals surface area contributed by atoms with Crippen LogP contribution in [0.3, 0.4) is 0 Å². The third-order valence-corrected chi connectivity index (χ3v) is 10.9. The smallest absolute Gasteiger partial charge is 0.330 e. The molecule has 11 heteroatoms. The van der Waals surface area contributed by atoms with Crippen LogP contribution in [0.5, 0.6) is 17.2 Å². The molecule has 0 amide bonds. The van der Waals surface area contributed by atoms with Gasteiger partial charge >= 0.3 is 17.9 Å². The van der Waals surface area contributed by atoms with Gasteiger partial charge < -0.3 is 18.9 Å². The van der Waals surface area contributed by atoms with Crippen LogP contribution in [0.15, 0.2) is 84.5 Å². The molecule has 0 spiro atoms. The number of hydrazone groups is 1. The molecular weight excluding hydrogens is 679 g/mol. The second-order valence-electron chi connectivity index (χ2n) is 13.4. The number of aromatic nitrogens is 1. The molecule has 1 heterocycles. The maximum atomic E-state index is 13.5. The molecule has 3 aromatic carbocycles. The lowest BCUT2D eigenvalue weighted by molar-refractivity contribution is -0.145. The fourth-order valence-electron chi connectivity index (χ4n) is 6.92. The highest BCUT2D eigenvalue weighted by atomic mass is 32.1. The summed E-state index contributed by atoms with van der Waals surface area (Å²) in [6, 6.07) is 20.7. The van der Waals surface area contributed by atoms with Crippen LogP contribution in [0, 0.1) is 17.8 Å². The molecular formula is C41H45N3O7S. The molecule has 0 aliphatic heterocycles. The molecule has 2 saturated carbocycles. The summed E-state index contributed by atoms with van der Waals surface area (Å²) in [5.74, 6) is 0.952. The van der Waals surface area contributed by atoms with Crippen molar-refractivity contribution in [3.05, 3.63) is 90.5 Å². The highest BCUT2D eigenvalue weighted by Gasteiger charge is 2.32. The molecule has 4 aromatic rings. The fourth-order valence-corrected chi connectivity index (χ4v) is 7.73. The van der Waals surface area contributed by atoms with Gasteiger partial charge in [0.05, 0.1) is 28.3 Å². The summed E-state index contributed by atoms with van der Waals surface area (Å²) in [4.78, 5) is 42.2. The van der Waals surface area contributed by atoms with Gasteiger partial charge in [0.25, 0.3) is 0 Å². The van der Waals surface area contributed by atoms with E-state index < -0.39 is 5.97 Å². The van der Waals surface area contributed by atoms with Crippen LogP contribution in [0.25, 0.3) is 10.2 Å². The Bertz CT molecular complexity index is 1840. The first-order valence-corrected chi connectivity index (χ1v) is 18.9. The molecule has 0 bridgehead atoms. The Hall–Kier alpha value is -5.03. The number of esters is 3. The number of anilines is 1. The van der Waals surface area contributed by atoms with Crippen molar-refractivity contribution < 1.29 is 33.3 Å². The number of ether oxygens (including phenoxy) is 4. The summed E-state index contributed by atoms with van der Waals surface area (Å²) in [6.07, 6.45) is 10.9. The fraction of sp³-hybridized carbons (Fsp3) is 0.390. The zero-order chi connectivity index (χ0) is 36.3. The van der Waals surface area contributed by atoms with Gasteiger partial charge in [0.1, 0.15) is 30.5 Å². The summed E-state index contributed by atoms with van der Waals surface area (Å²) in [5.41, 5.74) is 5.95. The van der Waals surface area contributed by atoms with Crippen LogP contribution in [0.1, 0.15) is 81.8 Å². The van der Waals surface area contributed by atoms with E-state index in [0.717, 1.165) is 40.6 Å². The van der Waals surface area contributed by atoms with Gasteiger partial charge in [-0.15, -0.1) is 0 Å². The van der Waals surface area contributed by atoms with Gasteiger partial charge in [-0.25, -0.2) is 9.78 Å². The van der Waals surface area contributed by atoms with Crippen molar-refractivity contribution >= 4 is 50.8 Å². The third-order valence-electron chi connectivity index (χ3n) is 10.00. The maximum Gasteiger partial charge on any atom is 0.330 e. The molecule has 0 saturated heterocycles. The van der Waals surface area contributed by atoms with Crippen molar-refractivity contribution in [3.63, 3.8) is 0 Å². The number of nitrogens with zero attached hydrogens (tertiary/aromatic N) is 2. The van der Waals surface area contributed by atoms with Gasteiger partial charge in [-0.2, -0.15) is 5.10 Å². The van der Waals surface area contributed by atoms with Crippen LogP contribution < -0.4 is 19.6 Å². The normalized spacial score (nSPS) is 20.2. The van der Waals surface area contributed by atoms with Crippen LogP contribution in [0.4, 0.5) is 5.13 Å². The third kappa shape index (κ3) is 9.85. The minimum atomic E-state index is -0.508. The Morgan fingerprint density at radius 1 is 0.865 bits per heavy atom. The molecule has 52 heavy (non-hydrogen) atoms. The minimum absolute atomic E-state index is 0.0999. The first-order valence-electron chi connectivity index (χ1n) is 18.1. The molecule has 2 aliphatic rings. The lowest BCUT2D eigenvalue weighted by Crippen LogP contribution is -2.30. The van der Waals surface area contributed by atoms with Gasteiger partial charge in [0, 0.05) is 11.6 Å². The van der Waals surface area contributed by atoms with Crippen LogP contribution in [0.2, 0.25) is 0 Å². The van der Waals surface area contributed by atoms with E-state index in [-0.39, 0.29) is 37.0 Å². The van der Waals surface area contributed by atoms with Crippen LogP contribution in [-0.2, 0) is 19.1 Å². The van der Waals surface area contributed by atoms with Crippen molar-refractivity contribution in [2.75, 3.05) is 18.6 Å². The first-order chi connectivity index (χ1) is 25.4. The number of fused-ring (bicyclic) bond motifs is 1. The Labute approximate surface area is 308 Å². The van der Waals surface area contributed by atoms with E-state index in [4.69, 9.17) is 18.9 Å². The largest absolute Gasteiger partial charge is 0.490 e. The molecule has 2 aliphatic carbocycles. The number of hydrogen-bond acceptors (Lipinski definition) is 11. The summed E-state index contributed by atoms with van der Waals surface area (Å²) in [6.45, 7) is 5.91. The van der Waals surface area contributed by atoms with Crippen LogP contribution >= 0.6 is 11.3 Å². The summed E-state index contributed by atoms with van der Waals surface area (Å²) >= 11 is 1.53. The summed E-state index contributed by atoms with van der Waals surface area (Å²) in [5, 5.41) is 5.18. The summed E-state index contributed by atoms with van der Waals surface area (Å²) in [7, 11) is 0. The lowest BCUT2D eigenvalue weighted by Gasteiger charge is -2.28. The molecule has 1 aromatic heterocycles. The quantitative estimate of drug-likeness (QED) is 0.0339. The molecule has 0 atom stereocenters. The Balaban J connectivity index is 1.03. The predicted octanol–water partition coefficient (Wildman–Crippen LogP) is 8.85. The van der Waals surface area contributed by atoms with Crippen molar-refractivity contribution in [3.8, 4) is 17.2 Å². The van der Waals surface area contributed by atoms with Gasteiger partial charge in [0.2, 0.25) is 5.13 Å². The van der Waals surface area contributed by atoms with Gasteiger partial charge in [-0.05, 0) is 117 Å². The van der Waals surface area contributed by atoms with Crippen molar-refractivity contribution in [2.24, 2.45) is 22.9 Å². The van der Waals surface area contributed by atoms with E-state index >= 15 is 0 Å². The second-order valence-corrected chi connectivity index (χ2v) is 14.4. The highest BCUT2D eigenvalue weighted by Crippen LogP contribution is 2.39. The minimum Gasteiger partial charge on any atom is -0.490 e. The number of thiazole rings is 1. The van der Waals surface area contributed by atoms with Gasteiger partial charge in [0.15, 0.2) is 0 Å². The second kappa shape index (κ2) is 17.9. The number of carbonyl (C=O) groups excluding carboxylic acids is 3. The molecule has 272 valence electrons. The average Bonchev–Trinajstić information content (AvgIpc) is 3.60. The monoisotopic (exact) mass is 723 g/mol. The Morgan fingerprint density at radius 3 is 2.25 bits per heavy atom. The number of benzene rings is 3. The topological polar surface area (TPSA) is 125 Å². The molecule has 1 N–H and O–H groups in total. The number of hydrogen-bond donors (Lipinski definition) is 1. The van der Waals surface area contributed by atoms with E-state index in [1.807, 2.05) is 30.3 Å². The van der Waals surface area contributed by atoms with E-state index in [9.17, 15) is 14.4 Å². The van der Waals surface area contributed by atoms with Crippen molar-refractivity contribution in [1.29, 1.82) is 0 Å². The van der Waals surface area contributed by atoms with Crippen molar-refractivity contribution in [2.45, 2.75) is 70.6 Å². The van der Waals surface area contributed by atoms with E-state index in [1.54, 1.807) is 30.5 Å². The van der Waals surface area contributed by atoms with Gasteiger partial charge in [-0.1, -0.05) is 49.5 Å². The number of rotatable bonds is 14. The van der Waals surface area contributed by atoms with E-state index in [2.05, 4.69) is 41.1 Å². The summed E-state index contributed by atoms with van der Waals surface area (Å²) < 4.78 is 23.2. The van der Waals surface area contributed by atoms with Crippen molar-refractivity contribution in [1.82, 2.24) is 4.98 Å². The first kappa shape index (κ1) is 36.8. The molecule has 0 unspecified atom stereocenters. The van der Waals surface area contributed by atoms with Gasteiger partial charge in [-0.3, -0.25) is 15.0 Å². The predicted molar refractivity (Wildman–Crippen MR) is 202 cm³/mol. The highest BCUT2D eigenvalue weighted by molar-refractivity contribution is 7.22. The zero-order valence-corrected chi connectivity index (χ0v) is 30.3. The zero-order valence-electron chi connectivity index (χ0n) is 29.5. The van der Waals surface area contributed by atoms with Crippen LogP contribution in [-0.4, -0.2) is 42.3 Å². The molecule has 2 fully saturated rings. The standard InChI is InChI=1S/C41H45N3O7S/c1-3-27-9-11-28(12-10-27)31-17-22-36(32(25-31)26-42-44-41-43-35-7-5-6-8-37(35)52-41)51-40(47)30-15-13-29(14-16-30)39(46)50-34-20-18-33(19-21-34)48-23-24-49-38(45)4-2/h4-8,17-22,25-30H,2-3,9-16,23-24H2,1H3,(H,43,44)/b42-26+. The molecule has 6 rings (SSSR count). The Morgan fingerprint density at radius 2 is 1.56 bits per heavy atom. The van der Waals surface area contributed by atoms with E-state index in [1.165, 1.54) is 36.2 Å². The number of carbonyl (C=O) groups is 3. The van der Waals surface area contributed by atoms with E-state index in [0.29, 0.717) is 54.0 Å². The SMILES string of the molecule is C=CC(=O)OCCOc1ccc(OC(=O)C2CCC(C(=O)Oc3ccc(C4CCC(CC)CC4)cc3/C=N/Nc3nc4ccccc4s3)CC2)cc1. The molecule has 0 radical (unpaired) electrons.